The quantitative estimate of drug-likeness (QED) is 0.677. The Morgan fingerprint density at radius 1 is 1.23 bits per heavy atom. The van der Waals surface area contributed by atoms with Crippen molar-refractivity contribution in [3.8, 4) is 9.88 Å². The van der Waals surface area contributed by atoms with Gasteiger partial charge in [0.05, 0.1) is 21.5 Å². The van der Waals surface area contributed by atoms with E-state index in [1.54, 1.807) is 23.5 Å². The number of hydrogen-bond donors (Lipinski definition) is 2. The second kappa shape index (κ2) is 7.28. The largest absolute Gasteiger partial charge is 0.345 e. The van der Waals surface area contributed by atoms with Crippen LogP contribution in [0, 0.1) is 6.92 Å². The van der Waals surface area contributed by atoms with Crippen LogP contribution in [-0.4, -0.2) is 19.3 Å². The van der Waals surface area contributed by atoms with Crippen molar-refractivity contribution < 1.29 is 13.2 Å². The van der Waals surface area contributed by atoms with Crippen molar-refractivity contribution in [2.75, 3.05) is 0 Å². The molecule has 9 heteroatoms. The fraction of sp³-hybridized carbons (Fsp3) is 0.176. The van der Waals surface area contributed by atoms with E-state index in [1.807, 2.05) is 31.4 Å². The lowest BCUT2D eigenvalue weighted by Gasteiger charge is -2.14. The average Bonchev–Trinajstić information content (AvgIpc) is 3.23. The van der Waals surface area contributed by atoms with Crippen LogP contribution < -0.4 is 10.5 Å². The molecular formula is C17H17N3O3S3. The summed E-state index contributed by atoms with van der Waals surface area (Å²) >= 11 is 2.94. The highest BCUT2D eigenvalue weighted by atomic mass is 32.2. The number of carbonyl (C=O) groups excluding carboxylic acids is 1. The monoisotopic (exact) mass is 407 g/mol. The van der Waals surface area contributed by atoms with E-state index in [1.165, 1.54) is 23.5 Å². The molecule has 1 aromatic carbocycles. The molecule has 2 aromatic heterocycles. The summed E-state index contributed by atoms with van der Waals surface area (Å²) < 4.78 is 22.6. The maximum Gasteiger partial charge on any atom is 0.263 e. The molecule has 136 valence electrons. The first-order chi connectivity index (χ1) is 12.3. The van der Waals surface area contributed by atoms with E-state index in [4.69, 9.17) is 5.14 Å². The van der Waals surface area contributed by atoms with E-state index in [9.17, 15) is 13.2 Å². The van der Waals surface area contributed by atoms with Gasteiger partial charge in [-0.25, -0.2) is 18.5 Å². The Hall–Kier alpha value is -2.07. The number of benzene rings is 1. The predicted octanol–water partition coefficient (Wildman–Crippen LogP) is 3.32. The number of primary sulfonamides is 1. The van der Waals surface area contributed by atoms with E-state index in [0.717, 1.165) is 15.4 Å². The van der Waals surface area contributed by atoms with Crippen LogP contribution in [0.3, 0.4) is 0 Å². The first-order valence-corrected chi connectivity index (χ1v) is 10.9. The predicted molar refractivity (Wildman–Crippen MR) is 104 cm³/mol. The zero-order chi connectivity index (χ0) is 18.9. The smallest absolute Gasteiger partial charge is 0.263 e. The average molecular weight is 408 g/mol. The molecule has 3 rings (SSSR count). The van der Waals surface area contributed by atoms with Gasteiger partial charge in [-0.15, -0.1) is 22.7 Å². The lowest BCUT2D eigenvalue weighted by Crippen LogP contribution is -2.26. The number of carbonyl (C=O) groups is 1. The summed E-state index contributed by atoms with van der Waals surface area (Å²) in [6, 6.07) is 9.77. The number of nitrogens with one attached hydrogen (secondary N) is 1. The van der Waals surface area contributed by atoms with Crippen molar-refractivity contribution in [1.29, 1.82) is 0 Å². The van der Waals surface area contributed by atoms with Crippen molar-refractivity contribution in [2.24, 2.45) is 5.14 Å². The molecule has 0 aliphatic carbocycles. The number of thiophene rings is 1. The molecule has 6 nitrogen and oxygen atoms in total. The van der Waals surface area contributed by atoms with Crippen LogP contribution >= 0.6 is 22.7 Å². The van der Waals surface area contributed by atoms with Crippen LogP contribution in [0.4, 0.5) is 0 Å². The summed E-state index contributed by atoms with van der Waals surface area (Å²) in [6.45, 7) is 3.65. The number of nitrogens with zero attached hydrogens (tertiary/aromatic N) is 1. The Morgan fingerprint density at radius 2 is 1.92 bits per heavy atom. The highest BCUT2D eigenvalue weighted by Crippen LogP contribution is 2.31. The van der Waals surface area contributed by atoms with Gasteiger partial charge in [0.1, 0.15) is 9.88 Å². The number of sulfonamides is 1. The van der Waals surface area contributed by atoms with Crippen LogP contribution in [0.5, 0.6) is 0 Å². The van der Waals surface area contributed by atoms with E-state index in [2.05, 4.69) is 10.3 Å². The first kappa shape index (κ1) is 18.7. The minimum Gasteiger partial charge on any atom is -0.345 e. The molecule has 1 atom stereocenters. The molecule has 3 aromatic rings. The Balaban J connectivity index is 1.75. The topological polar surface area (TPSA) is 102 Å². The molecule has 26 heavy (non-hydrogen) atoms. The Bertz CT molecular complexity index is 1020. The molecular weight excluding hydrogens is 390 g/mol. The Morgan fingerprint density at radius 3 is 2.50 bits per heavy atom. The van der Waals surface area contributed by atoms with Crippen LogP contribution in [-0.2, 0) is 10.0 Å². The fourth-order valence-electron chi connectivity index (χ4n) is 2.40. The van der Waals surface area contributed by atoms with Crippen molar-refractivity contribution in [3.05, 3.63) is 57.9 Å². The Kier molecular flexibility index (Phi) is 5.24. The molecule has 0 bridgehead atoms. The molecule has 0 aliphatic rings. The number of aromatic nitrogens is 1. The van der Waals surface area contributed by atoms with Crippen LogP contribution in [0.25, 0.3) is 9.88 Å². The SMILES string of the molecule is Cc1nc(-c2cccs2)sc1C(=O)N[C@@H](C)c1ccc(S(N)(=O)=O)cc1. The zero-order valence-corrected chi connectivity index (χ0v) is 16.5. The van der Waals surface area contributed by atoms with Gasteiger partial charge in [0.15, 0.2) is 0 Å². The van der Waals surface area contributed by atoms with E-state index >= 15 is 0 Å². The summed E-state index contributed by atoms with van der Waals surface area (Å²) in [7, 11) is -3.73. The summed E-state index contributed by atoms with van der Waals surface area (Å²) in [4.78, 5) is 18.7. The van der Waals surface area contributed by atoms with Crippen LogP contribution in [0.1, 0.15) is 33.9 Å². The van der Waals surface area contributed by atoms with Crippen molar-refractivity contribution in [2.45, 2.75) is 24.8 Å². The van der Waals surface area contributed by atoms with Gasteiger partial charge in [0, 0.05) is 0 Å². The van der Waals surface area contributed by atoms with Gasteiger partial charge in [-0.2, -0.15) is 0 Å². The highest BCUT2D eigenvalue weighted by Gasteiger charge is 2.19. The minimum absolute atomic E-state index is 0.0404. The third kappa shape index (κ3) is 4.01. The first-order valence-electron chi connectivity index (χ1n) is 7.70. The number of aryl methyl sites for hydroxylation is 1. The fourth-order valence-corrected chi connectivity index (χ4v) is 4.69. The maximum atomic E-state index is 12.6. The van der Waals surface area contributed by atoms with Gasteiger partial charge in [-0.3, -0.25) is 4.79 Å². The standard InChI is InChI=1S/C17H17N3O3S3/c1-10(12-5-7-13(8-6-12)26(18,22)23)19-16(21)15-11(2)20-17(25-15)14-4-3-9-24-14/h3-10H,1-2H3,(H,19,21)(H2,18,22,23)/t10-/m0/s1. The van der Waals surface area contributed by atoms with Crippen LogP contribution in [0.2, 0.25) is 0 Å². The number of amides is 1. The summed E-state index contributed by atoms with van der Waals surface area (Å²) in [6.07, 6.45) is 0. The number of nitrogens with two attached hydrogens (primary N) is 1. The molecule has 0 unspecified atom stereocenters. The van der Waals surface area contributed by atoms with Gasteiger partial charge in [0.2, 0.25) is 10.0 Å². The second-order valence-corrected chi connectivity index (χ2v) is 9.23. The van der Waals surface area contributed by atoms with Crippen molar-refractivity contribution >= 4 is 38.6 Å². The lowest BCUT2D eigenvalue weighted by atomic mass is 10.1. The molecule has 0 spiro atoms. The molecule has 0 fully saturated rings. The zero-order valence-electron chi connectivity index (χ0n) is 14.1. The van der Waals surface area contributed by atoms with E-state index in [-0.39, 0.29) is 16.8 Å². The highest BCUT2D eigenvalue weighted by molar-refractivity contribution is 7.89. The normalized spacial score (nSPS) is 12.7. The number of hydrogen-bond acceptors (Lipinski definition) is 6. The molecule has 1 amide bonds. The van der Waals surface area contributed by atoms with E-state index in [0.29, 0.717) is 10.6 Å². The van der Waals surface area contributed by atoms with Gasteiger partial charge < -0.3 is 5.32 Å². The third-order valence-electron chi connectivity index (χ3n) is 3.79. The minimum atomic E-state index is -3.73. The second-order valence-electron chi connectivity index (χ2n) is 5.72. The van der Waals surface area contributed by atoms with Gasteiger partial charge >= 0.3 is 0 Å². The van der Waals surface area contributed by atoms with Crippen molar-refractivity contribution in [1.82, 2.24) is 10.3 Å². The lowest BCUT2D eigenvalue weighted by molar-refractivity contribution is 0.0943. The third-order valence-corrected chi connectivity index (χ3v) is 6.92. The number of thiazole rings is 1. The summed E-state index contributed by atoms with van der Waals surface area (Å²) in [5.74, 6) is -0.203. The van der Waals surface area contributed by atoms with Gasteiger partial charge in [0.25, 0.3) is 5.91 Å². The molecule has 0 radical (unpaired) electrons. The maximum absolute atomic E-state index is 12.6. The van der Waals surface area contributed by atoms with Gasteiger partial charge in [-0.1, -0.05) is 18.2 Å². The molecule has 0 saturated heterocycles. The molecule has 0 saturated carbocycles. The Labute approximate surface area is 159 Å². The summed E-state index contributed by atoms with van der Waals surface area (Å²) in [5, 5.41) is 10.8. The molecule has 2 heterocycles. The number of rotatable bonds is 5. The van der Waals surface area contributed by atoms with E-state index < -0.39 is 10.0 Å². The molecule has 0 aliphatic heterocycles. The molecule has 3 N–H and O–H groups in total. The van der Waals surface area contributed by atoms with Gasteiger partial charge in [-0.05, 0) is 43.0 Å². The van der Waals surface area contributed by atoms with Crippen molar-refractivity contribution in [3.63, 3.8) is 0 Å². The van der Waals surface area contributed by atoms with Crippen LogP contribution in [0.15, 0.2) is 46.7 Å². The summed E-state index contributed by atoms with van der Waals surface area (Å²) in [5.41, 5.74) is 1.47.